The van der Waals surface area contributed by atoms with Gasteiger partial charge in [-0.3, -0.25) is 0 Å². The van der Waals surface area contributed by atoms with Gasteiger partial charge in [0.05, 0.1) is 10.7 Å². The molecule has 0 saturated heterocycles. The maximum Gasteiger partial charge on any atom is 0.347 e. The molecule has 72 valence electrons. The Morgan fingerprint density at radius 2 is 2.23 bits per heavy atom. The second kappa shape index (κ2) is 3.87. The molecule has 13 heavy (non-hydrogen) atoms. The van der Waals surface area contributed by atoms with Crippen LogP contribution in [0, 0.1) is 0 Å². The number of carbonyl (C=O) groups is 1. The first-order valence-corrected chi connectivity index (χ1v) is 5.10. The highest BCUT2D eigenvalue weighted by molar-refractivity contribution is 7.13. The minimum absolute atomic E-state index is 0.309. The third-order valence-electron chi connectivity index (χ3n) is 1.74. The molecule has 0 aliphatic carbocycles. The van der Waals surface area contributed by atoms with Crippen molar-refractivity contribution in [3.05, 3.63) is 15.6 Å². The molecule has 0 aliphatic heterocycles. The van der Waals surface area contributed by atoms with E-state index in [1.165, 1.54) is 11.3 Å². The minimum atomic E-state index is -0.860. The number of rotatable bonds is 3. The smallest absolute Gasteiger partial charge is 0.347 e. The van der Waals surface area contributed by atoms with Gasteiger partial charge in [-0.15, -0.1) is 11.3 Å². The minimum Gasteiger partial charge on any atom is -0.477 e. The first kappa shape index (κ1) is 10.2. The van der Waals surface area contributed by atoms with Crippen LogP contribution >= 0.6 is 11.3 Å². The third-order valence-corrected chi connectivity index (χ3v) is 3.12. The summed E-state index contributed by atoms with van der Waals surface area (Å²) < 4.78 is 0. The fourth-order valence-corrected chi connectivity index (χ4v) is 2.02. The van der Waals surface area contributed by atoms with Crippen LogP contribution in [0.15, 0.2) is 0 Å². The van der Waals surface area contributed by atoms with E-state index in [1.54, 1.807) is 0 Å². The molecule has 0 radical (unpaired) electrons. The number of aryl methyl sites for hydroxylation is 1. The van der Waals surface area contributed by atoms with Crippen molar-refractivity contribution in [3.63, 3.8) is 0 Å². The lowest BCUT2D eigenvalue weighted by Gasteiger charge is -1.95. The van der Waals surface area contributed by atoms with E-state index in [0.29, 0.717) is 22.9 Å². The van der Waals surface area contributed by atoms with E-state index in [0.717, 1.165) is 5.01 Å². The Kier molecular flexibility index (Phi) is 3.03. The summed E-state index contributed by atoms with van der Waals surface area (Å²) in [6, 6.07) is 0. The van der Waals surface area contributed by atoms with Gasteiger partial charge in [0.15, 0.2) is 0 Å². The van der Waals surface area contributed by atoms with E-state index < -0.39 is 5.97 Å². The Hall–Kier alpha value is -0.900. The quantitative estimate of drug-likeness (QED) is 0.813. The third kappa shape index (κ3) is 2.06. The molecule has 0 aliphatic rings. The summed E-state index contributed by atoms with van der Waals surface area (Å²) in [6.07, 6.45) is 0.685. The molecule has 1 aromatic rings. The average molecular weight is 199 g/mol. The highest BCUT2D eigenvalue weighted by Gasteiger charge is 2.16. The fraction of sp³-hybridized carbons (Fsp3) is 0.556. The van der Waals surface area contributed by atoms with Crippen LogP contribution in [0.5, 0.6) is 0 Å². The first-order valence-electron chi connectivity index (χ1n) is 4.29. The second-order valence-electron chi connectivity index (χ2n) is 3.14. The predicted octanol–water partition coefficient (Wildman–Crippen LogP) is 2.53. The Balaban J connectivity index is 3.11. The zero-order valence-electron chi connectivity index (χ0n) is 8.00. The predicted molar refractivity (Wildman–Crippen MR) is 52.5 cm³/mol. The molecule has 0 saturated carbocycles. The van der Waals surface area contributed by atoms with Gasteiger partial charge >= 0.3 is 5.97 Å². The Bertz CT molecular complexity index is 317. The van der Waals surface area contributed by atoms with Crippen molar-refractivity contribution in [1.29, 1.82) is 0 Å². The molecule has 0 spiro atoms. The number of aromatic carboxylic acids is 1. The zero-order chi connectivity index (χ0) is 10.0. The highest BCUT2D eigenvalue weighted by Crippen LogP contribution is 2.25. The SMILES string of the molecule is CCc1nc(C(C)C)sc1C(=O)O. The Morgan fingerprint density at radius 3 is 2.54 bits per heavy atom. The summed E-state index contributed by atoms with van der Waals surface area (Å²) in [7, 11) is 0. The molecule has 0 amide bonds. The van der Waals surface area contributed by atoms with Crippen LogP contribution < -0.4 is 0 Å². The topological polar surface area (TPSA) is 50.2 Å². The van der Waals surface area contributed by atoms with Crippen LogP contribution in [0.1, 0.15) is 47.1 Å². The lowest BCUT2D eigenvalue weighted by molar-refractivity contribution is 0.0701. The van der Waals surface area contributed by atoms with Gasteiger partial charge in [0, 0.05) is 5.92 Å². The molecule has 3 nitrogen and oxygen atoms in total. The van der Waals surface area contributed by atoms with Crippen LogP contribution in [0.4, 0.5) is 0 Å². The van der Waals surface area contributed by atoms with Crippen molar-refractivity contribution in [3.8, 4) is 0 Å². The van der Waals surface area contributed by atoms with Gasteiger partial charge in [-0.2, -0.15) is 0 Å². The Morgan fingerprint density at radius 1 is 1.62 bits per heavy atom. The van der Waals surface area contributed by atoms with Crippen molar-refractivity contribution in [2.24, 2.45) is 0 Å². The monoisotopic (exact) mass is 199 g/mol. The first-order chi connectivity index (χ1) is 6.06. The molecule has 1 rings (SSSR count). The molecule has 1 N–H and O–H groups in total. The van der Waals surface area contributed by atoms with Gasteiger partial charge in [0.25, 0.3) is 0 Å². The highest BCUT2D eigenvalue weighted by atomic mass is 32.1. The molecule has 4 heteroatoms. The average Bonchev–Trinajstić information content (AvgIpc) is 2.47. The van der Waals surface area contributed by atoms with Gasteiger partial charge in [0.1, 0.15) is 4.88 Å². The van der Waals surface area contributed by atoms with Crippen LogP contribution in [0.2, 0.25) is 0 Å². The van der Waals surface area contributed by atoms with Crippen molar-refractivity contribution in [2.75, 3.05) is 0 Å². The summed E-state index contributed by atoms with van der Waals surface area (Å²) in [6.45, 7) is 5.96. The summed E-state index contributed by atoms with van der Waals surface area (Å²) in [5.74, 6) is -0.551. The van der Waals surface area contributed by atoms with E-state index in [9.17, 15) is 4.79 Å². The lowest BCUT2D eigenvalue weighted by atomic mass is 10.2. The number of aromatic nitrogens is 1. The summed E-state index contributed by atoms with van der Waals surface area (Å²) in [5, 5.41) is 9.77. The summed E-state index contributed by atoms with van der Waals surface area (Å²) in [5.41, 5.74) is 0.709. The molecule has 0 unspecified atom stereocenters. The van der Waals surface area contributed by atoms with Crippen molar-refractivity contribution in [1.82, 2.24) is 4.98 Å². The van der Waals surface area contributed by atoms with Crippen molar-refractivity contribution < 1.29 is 9.90 Å². The van der Waals surface area contributed by atoms with Crippen LogP contribution in [-0.2, 0) is 6.42 Å². The van der Waals surface area contributed by atoms with Gasteiger partial charge in [-0.05, 0) is 6.42 Å². The van der Waals surface area contributed by atoms with Gasteiger partial charge < -0.3 is 5.11 Å². The van der Waals surface area contributed by atoms with E-state index in [1.807, 2.05) is 20.8 Å². The molecular weight excluding hydrogens is 186 g/mol. The second-order valence-corrected chi connectivity index (χ2v) is 4.17. The summed E-state index contributed by atoms with van der Waals surface area (Å²) in [4.78, 5) is 15.5. The van der Waals surface area contributed by atoms with E-state index >= 15 is 0 Å². The number of nitrogens with zero attached hydrogens (tertiary/aromatic N) is 1. The van der Waals surface area contributed by atoms with Gasteiger partial charge in [-0.1, -0.05) is 20.8 Å². The van der Waals surface area contributed by atoms with Gasteiger partial charge in [-0.25, -0.2) is 9.78 Å². The fourth-order valence-electron chi connectivity index (χ4n) is 1.02. The van der Waals surface area contributed by atoms with Crippen molar-refractivity contribution in [2.45, 2.75) is 33.1 Å². The van der Waals surface area contributed by atoms with Crippen LogP contribution in [0.25, 0.3) is 0 Å². The van der Waals surface area contributed by atoms with E-state index in [-0.39, 0.29) is 0 Å². The molecule has 0 aromatic carbocycles. The zero-order valence-corrected chi connectivity index (χ0v) is 8.81. The maximum atomic E-state index is 10.8. The molecule has 1 aromatic heterocycles. The molecule has 0 bridgehead atoms. The molecule has 0 fully saturated rings. The standard InChI is InChI=1S/C9H13NO2S/c1-4-6-7(9(11)12)13-8(10-6)5(2)3/h5H,4H2,1-3H3,(H,11,12). The summed E-state index contributed by atoms with van der Waals surface area (Å²) >= 11 is 1.29. The number of thiazole rings is 1. The number of hydrogen-bond donors (Lipinski definition) is 1. The lowest BCUT2D eigenvalue weighted by Crippen LogP contribution is -1.97. The number of carboxylic acid groups (broad SMARTS) is 1. The maximum absolute atomic E-state index is 10.8. The Labute approximate surface area is 81.4 Å². The van der Waals surface area contributed by atoms with Gasteiger partial charge in [0.2, 0.25) is 0 Å². The number of hydrogen-bond acceptors (Lipinski definition) is 3. The molecular formula is C9H13NO2S. The normalized spacial score (nSPS) is 10.8. The largest absolute Gasteiger partial charge is 0.477 e. The van der Waals surface area contributed by atoms with Crippen LogP contribution in [0.3, 0.4) is 0 Å². The molecule has 0 atom stereocenters. The molecule has 1 heterocycles. The van der Waals surface area contributed by atoms with Crippen molar-refractivity contribution >= 4 is 17.3 Å². The number of carboxylic acids is 1. The van der Waals surface area contributed by atoms with E-state index in [2.05, 4.69) is 4.98 Å². The van der Waals surface area contributed by atoms with Crippen LogP contribution in [-0.4, -0.2) is 16.1 Å². The van der Waals surface area contributed by atoms with E-state index in [4.69, 9.17) is 5.11 Å².